The predicted molar refractivity (Wildman–Crippen MR) is 108 cm³/mol. The molecule has 6 heteroatoms. The number of ether oxygens (including phenoxy) is 1. The van der Waals surface area contributed by atoms with Crippen molar-refractivity contribution in [3.8, 4) is 5.75 Å². The van der Waals surface area contributed by atoms with Gasteiger partial charge in [0.2, 0.25) is 0 Å². The van der Waals surface area contributed by atoms with Crippen LogP contribution < -0.4 is 10.1 Å². The number of nitrogens with zero attached hydrogens (tertiary/aromatic N) is 3. The summed E-state index contributed by atoms with van der Waals surface area (Å²) in [7, 11) is 0. The lowest BCUT2D eigenvalue weighted by molar-refractivity contribution is 0.219. The van der Waals surface area contributed by atoms with Gasteiger partial charge in [0, 0.05) is 26.2 Å². The fraction of sp³-hybridized carbons (Fsp3) is 0.667. The maximum atomic E-state index is 13.7. The topological polar surface area (TPSA) is 40.1 Å². The standard InChI is InChI=1S/C21H33FN4O/c1-3-23-21(24-14-17(2)27-20-9-5-4-8-19(20)22)26-13-10-18(16-26)15-25-11-6-7-12-25/h4-5,8-9,17-18H,3,6-7,10-16H2,1-2H3,(H,23,24). The van der Waals surface area contributed by atoms with Crippen molar-refractivity contribution in [2.75, 3.05) is 45.8 Å². The lowest BCUT2D eigenvalue weighted by Gasteiger charge is -2.24. The summed E-state index contributed by atoms with van der Waals surface area (Å²) < 4.78 is 19.5. The van der Waals surface area contributed by atoms with Crippen molar-refractivity contribution in [1.82, 2.24) is 15.1 Å². The third-order valence-corrected chi connectivity index (χ3v) is 5.30. The maximum Gasteiger partial charge on any atom is 0.194 e. The van der Waals surface area contributed by atoms with Crippen LogP contribution >= 0.6 is 0 Å². The highest BCUT2D eigenvalue weighted by molar-refractivity contribution is 5.80. The van der Waals surface area contributed by atoms with Gasteiger partial charge in [0.1, 0.15) is 6.10 Å². The minimum Gasteiger partial charge on any atom is -0.486 e. The SMILES string of the molecule is CCNC(=NCC(C)Oc1ccccc1F)N1CCC(CN2CCCC2)C1. The molecule has 27 heavy (non-hydrogen) atoms. The Labute approximate surface area is 162 Å². The summed E-state index contributed by atoms with van der Waals surface area (Å²) >= 11 is 0. The minimum absolute atomic E-state index is 0.182. The molecule has 2 fully saturated rings. The highest BCUT2D eigenvalue weighted by Gasteiger charge is 2.27. The van der Waals surface area contributed by atoms with Crippen molar-refractivity contribution in [2.24, 2.45) is 10.9 Å². The fourth-order valence-corrected chi connectivity index (χ4v) is 3.94. The van der Waals surface area contributed by atoms with Crippen LogP contribution in [-0.2, 0) is 0 Å². The molecular weight excluding hydrogens is 343 g/mol. The summed E-state index contributed by atoms with van der Waals surface area (Å²) in [5.41, 5.74) is 0. The molecule has 5 nitrogen and oxygen atoms in total. The zero-order valence-electron chi connectivity index (χ0n) is 16.7. The summed E-state index contributed by atoms with van der Waals surface area (Å²) in [5.74, 6) is 1.63. The van der Waals surface area contributed by atoms with Gasteiger partial charge < -0.3 is 19.9 Å². The number of rotatable bonds is 7. The Balaban J connectivity index is 1.52. The molecule has 0 bridgehead atoms. The third-order valence-electron chi connectivity index (χ3n) is 5.30. The molecule has 1 aromatic rings. The number of nitrogens with one attached hydrogen (secondary N) is 1. The molecule has 2 aliphatic rings. The van der Waals surface area contributed by atoms with Gasteiger partial charge in [-0.3, -0.25) is 0 Å². The number of benzene rings is 1. The largest absolute Gasteiger partial charge is 0.486 e. The van der Waals surface area contributed by atoms with E-state index in [0.717, 1.165) is 31.5 Å². The molecule has 0 spiro atoms. The highest BCUT2D eigenvalue weighted by Crippen LogP contribution is 2.20. The van der Waals surface area contributed by atoms with Gasteiger partial charge in [-0.25, -0.2) is 9.38 Å². The normalized spacial score (nSPS) is 22.3. The molecule has 0 aliphatic carbocycles. The van der Waals surface area contributed by atoms with Gasteiger partial charge >= 0.3 is 0 Å². The van der Waals surface area contributed by atoms with E-state index in [4.69, 9.17) is 9.73 Å². The molecule has 2 aliphatic heterocycles. The Morgan fingerprint density at radius 3 is 2.81 bits per heavy atom. The molecule has 2 unspecified atom stereocenters. The number of halogens is 1. The van der Waals surface area contributed by atoms with Crippen LogP contribution in [-0.4, -0.2) is 67.7 Å². The molecule has 1 N–H and O–H groups in total. The first kappa shape index (κ1) is 19.9. The molecule has 150 valence electrons. The van der Waals surface area contributed by atoms with E-state index in [9.17, 15) is 4.39 Å². The van der Waals surface area contributed by atoms with E-state index in [1.165, 1.54) is 45.0 Å². The zero-order valence-corrected chi connectivity index (χ0v) is 16.7. The molecule has 0 amide bonds. The maximum absolute atomic E-state index is 13.7. The molecular formula is C21H33FN4O. The van der Waals surface area contributed by atoms with Gasteiger partial charge in [0.15, 0.2) is 17.5 Å². The number of likely N-dealkylation sites (tertiary alicyclic amines) is 2. The molecule has 2 heterocycles. The molecule has 0 radical (unpaired) electrons. The highest BCUT2D eigenvalue weighted by atomic mass is 19.1. The first-order chi connectivity index (χ1) is 13.2. The molecule has 2 saturated heterocycles. The van der Waals surface area contributed by atoms with Gasteiger partial charge in [-0.2, -0.15) is 0 Å². The molecule has 2 atom stereocenters. The van der Waals surface area contributed by atoms with Crippen molar-refractivity contribution in [1.29, 1.82) is 0 Å². The smallest absolute Gasteiger partial charge is 0.194 e. The molecule has 0 saturated carbocycles. The Morgan fingerprint density at radius 2 is 2.07 bits per heavy atom. The van der Waals surface area contributed by atoms with Crippen LogP contribution in [0.25, 0.3) is 0 Å². The molecule has 0 aromatic heterocycles. The number of aliphatic imine (C=N–C) groups is 1. The van der Waals surface area contributed by atoms with Crippen molar-refractivity contribution in [3.63, 3.8) is 0 Å². The minimum atomic E-state index is -0.329. The van der Waals surface area contributed by atoms with E-state index in [1.807, 2.05) is 6.92 Å². The summed E-state index contributed by atoms with van der Waals surface area (Å²) in [5, 5.41) is 3.40. The van der Waals surface area contributed by atoms with Gasteiger partial charge in [-0.15, -0.1) is 0 Å². The number of para-hydroxylation sites is 1. The van der Waals surface area contributed by atoms with E-state index < -0.39 is 0 Å². The van der Waals surface area contributed by atoms with Crippen LogP contribution in [0.3, 0.4) is 0 Å². The summed E-state index contributed by atoms with van der Waals surface area (Å²) in [6, 6.07) is 6.52. The summed E-state index contributed by atoms with van der Waals surface area (Å²) in [6.45, 7) is 11.2. The van der Waals surface area contributed by atoms with Crippen LogP contribution in [0, 0.1) is 11.7 Å². The summed E-state index contributed by atoms with van der Waals surface area (Å²) in [6.07, 6.45) is 3.74. The third kappa shape index (κ3) is 5.83. The first-order valence-electron chi connectivity index (χ1n) is 10.3. The second kappa shape index (κ2) is 9.93. The van der Waals surface area contributed by atoms with E-state index in [-0.39, 0.29) is 17.7 Å². The van der Waals surface area contributed by atoms with Crippen molar-refractivity contribution >= 4 is 5.96 Å². The Hall–Kier alpha value is -1.82. The van der Waals surface area contributed by atoms with E-state index >= 15 is 0 Å². The van der Waals surface area contributed by atoms with Crippen molar-refractivity contribution in [2.45, 2.75) is 39.2 Å². The quantitative estimate of drug-likeness (QED) is 0.587. The average molecular weight is 377 g/mol. The lowest BCUT2D eigenvalue weighted by Crippen LogP contribution is -2.41. The van der Waals surface area contributed by atoms with Crippen LogP contribution in [0.5, 0.6) is 5.75 Å². The Morgan fingerprint density at radius 1 is 1.30 bits per heavy atom. The molecule has 1 aromatic carbocycles. The second-order valence-electron chi connectivity index (χ2n) is 7.66. The predicted octanol–water partition coefficient (Wildman–Crippen LogP) is 2.98. The van der Waals surface area contributed by atoms with E-state index in [2.05, 4.69) is 22.0 Å². The monoisotopic (exact) mass is 376 g/mol. The molecule has 3 rings (SSSR count). The number of guanidine groups is 1. The van der Waals surface area contributed by atoms with Crippen LogP contribution in [0.2, 0.25) is 0 Å². The van der Waals surface area contributed by atoms with Crippen molar-refractivity contribution < 1.29 is 9.13 Å². The fourth-order valence-electron chi connectivity index (χ4n) is 3.94. The lowest BCUT2D eigenvalue weighted by atomic mass is 10.1. The number of hydrogen-bond donors (Lipinski definition) is 1. The zero-order chi connectivity index (χ0) is 19.1. The van der Waals surface area contributed by atoms with Gasteiger partial charge in [0.05, 0.1) is 6.54 Å². The van der Waals surface area contributed by atoms with Gasteiger partial charge in [-0.05, 0) is 64.3 Å². The van der Waals surface area contributed by atoms with Crippen LogP contribution in [0.4, 0.5) is 4.39 Å². The Kier molecular flexibility index (Phi) is 7.33. The number of hydrogen-bond acceptors (Lipinski definition) is 3. The first-order valence-corrected chi connectivity index (χ1v) is 10.3. The Bertz CT molecular complexity index is 618. The van der Waals surface area contributed by atoms with E-state index in [0.29, 0.717) is 6.54 Å². The van der Waals surface area contributed by atoms with Crippen LogP contribution in [0.1, 0.15) is 33.1 Å². The van der Waals surface area contributed by atoms with E-state index in [1.54, 1.807) is 18.2 Å². The van der Waals surface area contributed by atoms with Crippen molar-refractivity contribution in [3.05, 3.63) is 30.1 Å². The average Bonchev–Trinajstić information content (AvgIpc) is 3.33. The van der Waals surface area contributed by atoms with Gasteiger partial charge in [-0.1, -0.05) is 12.1 Å². The second-order valence-corrected chi connectivity index (χ2v) is 7.66. The van der Waals surface area contributed by atoms with Crippen LogP contribution in [0.15, 0.2) is 29.3 Å². The van der Waals surface area contributed by atoms with Gasteiger partial charge in [0.25, 0.3) is 0 Å². The summed E-state index contributed by atoms with van der Waals surface area (Å²) in [4.78, 5) is 9.72.